The number of hydrogen-bond donors (Lipinski definition) is 1. The highest BCUT2D eigenvalue weighted by Crippen LogP contribution is 2.29. The molecule has 0 bridgehead atoms. The van der Waals surface area contributed by atoms with Gasteiger partial charge in [-0.1, -0.05) is 49.6 Å². The van der Waals surface area contributed by atoms with Crippen LogP contribution in [-0.2, 0) is 25.8 Å². The molecule has 0 saturated heterocycles. The predicted octanol–water partition coefficient (Wildman–Crippen LogP) is 4.99. The monoisotopic (exact) mass is 417 g/mol. The zero-order valence-corrected chi connectivity index (χ0v) is 17.8. The third-order valence-electron chi connectivity index (χ3n) is 5.73. The zero-order chi connectivity index (χ0) is 21.1. The number of carbonyl (C=O) groups is 1. The van der Waals surface area contributed by atoms with Gasteiger partial charge < -0.3 is 5.32 Å². The number of rotatable bonds is 6. The molecule has 3 rings (SSSR count). The summed E-state index contributed by atoms with van der Waals surface area (Å²) in [5, 5.41) is 2.54. The van der Waals surface area contributed by atoms with Gasteiger partial charge in [0.1, 0.15) is 5.82 Å². The summed E-state index contributed by atoms with van der Waals surface area (Å²) in [6.45, 7) is 3.33. The van der Waals surface area contributed by atoms with Gasteiger partial charge >= 0.3 is 0 Å². The summed E-state index contributed by atoms with van der Waals surface area (Å²) >= 11 is 0. The second-order valence-corrected chi connectivity index (χ2v) is 10.6. The summed E-state index contributed by atoms with van der Waals surface area (Å²) in [7, 11) is -3.22. The molecule has 1 aliphatic rings. The van der Waals surface area contributed by atoms with E-state index >= 15 is 0 Å². The van der Waals surface area contributed by atoms with E-state index in [1.54, 1.807) is 56.3 Å². The molecule has 156 valence electrons. The molecule has 1 amide bonds. The lowest BCUT2D eigenvalue weighted by atomic mass is 9.83. The number of halogens is 1. The number of amides is 1. The van der Waals surface area contributed by atoms with Crippen LogP contribution in [0.15, 0.2) is 48.5 Å². The third-order valence-corrected chi connectivity index (χ3v) is 7.95. The lowest BCUT2D eigenvalue weighted by Gasteiger charge is -2.25. The topological polar surface area (TPSA) is 63.2 Å². The van der Waals surface area contributed by atoms with Crippen LogP contribution in [0.3, 0.4) is 0 Å². The van der Waals surface area contributed by atoms with Crippen LogP contribution < -0.4 is 5.32 Å². The first-order valence-corrected chi connectivity index (χ1v) is 11.8. The van der Waals surface area contributed by atoms with Crippen molar-refractivity contribution in [1.82, 2.24) is 0 Å². The van der Waals surface area contributed by atoms with Gasteiger partial charge in [-0.25, -0.2) is 12.8 Å². The summed E-state index contributed by atoms with van der Waals surface area (Å²) in [5.74, 6) is -0.812. The molecule has 1 fully saturated rings. The van der Waals surface area contributed by atoms with Crippen molar-refractivity contribution < 1.29 is 17.6 Å². The van der Waals surface area contributed by atoms with E-state index in [1.165, 1.54) is 6.07 Å². The Hall–Kier alpha value is -2.21. The van der Waals surface area contributed by atoms with Crippen molar-refractivity contribution in [3.63, 3.8) is 0 Å². The molecule has 0 aromatic heterocycles. The fourth-order valence-electron chi connectivity index (χ4n) is 3.89. The molecule has 0 heterocycles. The molecule has 0 radical (unpaired) electrons. The lowest BCUT2D eigenvalue weighted by molar-refractivity contribution is -0.120. The molecular weight excluding hydrogens is 389 g/mol. The molecule has 2 aromatic carbocycles. The van der Waals surface area contributed by atoms with E-state index < -0.39 is 21.1 Å². The number of benzene rings is 2. The van der Waals surface area contributed by atoms with Gasteiger partial charge in [0, 0.05) is 11.3 Å². The van der Waals surface area contributed by atoms with Gasteiger partial charge in [0.15, 0.2) is 9.84 Å². The van der Waals surface area contributed by atoms with Crippen LogP contribution in [0.1, 0.15) is 57.1 Å². The Morgan fingerprint density at radius 3 is 2.45 bits per heavy atom. The lowest BCUT2D eigenvalue weighted by Crippen LogP contribution is -2.35. The maximum atomic E-state index is 14.2. The molecule has 0 spiro atoms. The first kappa shape index (κ1) is 21.5. The summed E-state index contributed by atoms with van der Waals surface area (Å²) < 4.78 is 39.6. The fraction of sp³-hybridized carbons (Fsp3) is 0.435. The van der Waals surface area contributed by atoms with Crippen LogP contribution in [-0.4, -0.2) is 19.6 Å². The predicted molar refractivity (Wildman–Crippen MR) is 114 cm³/mol. The Labute approximate surface area is 172 Å². The molecule has 1 aliphatic carbocycles. The normalized spacial score (nSPS) is 15.8. The fourth-order valence-corrected chi connectivity index (χ4v) is 5.82. The Balaban J connectivity index is 1.74. The Bertz CT molecular complexity index is 979. The Kier molecular flexibility index (Phi) is 6.42. The van der Waals surface area contributed by atoms with E-state index in [0.29, 0.717) is 16.8 Å². The van der Waals surface area contributed by atoms with Gasteiger partial charge in [0.25, 0.3) is 0 Å². The number of hydrogen-bond acceptors (Lipinski definition) is 3. The number of sulfone groups is 1. The van der Waals surface area contributed by atoms with Gasteiger partial charge in [0.2, 0.25) is 5.91 Å². The van der Waals surface area contributed by atoms with E-state index in [-0.39, 0.29) is 16.9 Å². The van der Waals surface area contributed by atoms with Crippen molar-refractivity contribution >= 4 is 21.4 Å². The molecule has 6 heteroatoms. The smallest absolute Gasteiger partial charge is 0.234 e. The van der Waals surface area contributed by atoms with Gasteiger partial charge in [-0.3, -0.25) is 4.79 Å². The standard InChI is InChI=1S/C23H28FNO3S/c1-23(2,20-13-6-7-14-21(20)24)22(26)25-18-10-8-9-17(15-18)16-29(27,28)19-11-4-3-5-12-19/h6-10,13-15,19H,3-5,11-12,16H2,1-2H3,(H,25,26). The number of anilines is 1. The van der Waals surface area contributed by atoms with E-state index in [0.717, 1.165) is 32.1 Å². The number of carbonyl (C=O) groups excluding carboxylic acids is 1. The minimum atomic E-state index is -3.22. The maximum Gasteiger partial charge on any atom is 0.234 e. The molecule has 4 nitrogen and oxygen atoms in total. The van der Waals surface area contributed by atoms with E-state index in [2.05, 4.69) is 5.32 Å². The highest BCUT2D eigenvalue weighted by atomic mass is 32.2. The van der Waals surface area contributed by atoms with E-state index in [1.807, 2.05) is 0 Å². The summed E-state index contributed by atoms with van der Waals surface area (Å²) in [6, 6.07) is 13.1. The molecule has 0 unspecified atom stereocenters. The quantitative estimate of drug-likeness (QED) is 0.720. The maximum absolute atomic E-state index is 14.2. The summed E-state index contributed by atoms with van der Waals surface area (Å²) in [5.41, 5.74) is 0.400. The zero-order valence-electron chi connectivity index (χ0n) is 16.9. The van der Waals surface area contributed by atoms with Gasteiger partial charge in [-0.15, -0.1) is 0 Å². The van der Waals surface area contributed by atoms with Crippen LogP contribution >= 0.6 is 0 Å². The van der Waals surface area contributed by atoms with Crippen molar-refractivity contribution in [3.05, 3.63) is 65.5 Å². The third kappa shape index (κ3) is 5.04. The van der Waals surface area contributed by atoms with Crippen molar-refractivity contribution in [1.29, 1.82) is 0 Å². The van der Waals surface area contributed by atoms with Crippen LogP contribution in [0.25, 0.3) is 0 Å². The number of nitrogens with one attached hydrogen (secondary N) is 1. The van der Waals surface area contributed by atoms with Gasteiger partial charge in [-0.2, -0.15) is 0 Å². The summed E-state index contributed by atoms with van der Waals surface area (Å²) in [6.07, 6.45) is 4.49. The minimum Gasteiger partial charge on any atom is -0.325 e. The Morgan fingerprint density at radius 1 is 1.07 bits per heavy atom. The molecule has 2 aromatic rings. The molecule has 29 heavy (non-hydrogen) atoms. The SMILES string of the molecule is CC(C)(C(=O)Nc1cccc(CS(=O)(=O)C2CCCCC2)c1)c1ccccc1F. The van der Waals surface area contributed by atoms with Crippen LogP contribution in [0.4, 0.5) is 10.1 Å². The van der Waals surface area contributed by atoms with Crippen molar-refractivity contribution in [2.24, 2.45) is 0 Å². The van der Waals surface area contributed by atoms with Crippen LogP contribution in [0.2, 0.25) is 0 Å². The molecule has 1 saturated carbocycles. The highest BCUT2D eigenvalue weighted by Gasteiger charge is 2.32. The molecule has 1 N–H and O–H groups in total. The molecule has 0 aliphatic heterocycles. The first-order chi connectivity index (χ1) is 13.7. The van der Waals surface area contributed by atoms with Gasteiger partial charge in [-0.05, 0) is 50.5 Å². The van der Waals surface area contributed by atoms with Crippen molar-refractivity contribution in [2.75, 3.05) is 5.32 Å². The van der Waals surface area contributed by atoms with Gasteiger partial charge in [0.05, 0.1) is 16.4 Å². The molecular formula is C23H28FNO3S. The van der Waals surface area contributed by atoms with E-state index in [4.69, 9.17) is 0 Å². The van der Waals surface area contributed by atoms with E-state index in [9.17, 15) is 17.6 Å². The van der Waals surface area contributed by atoms with Crippen LogP contribution in [0.5, 0.6) is 0 Å². The van der Waals surface area contributed by atoms with Crippen molar-refractivity contribution in [2.45, 2.75) is 62.4 Å². The largest absolute Gasteiger partial charge is 0.325 e. The molecule has 0 atom stereocenters. The summed E-state index contributed by atoms with van der Waals surface area (Å²) in [4.78, 5) is 12.8. The minimum absolute atomic E-state index is 0.0297. The second kappa shape index (κ2) is 8.66. The average Bonchev–Trinajstić information content (AvgIpc) is 2.69. The van der Waals surface area contributed by atoms with Crippen LogP contribution in [0, 0.1) is 5.82 Å². The van der Waals surface area contributed by atoms with Crippen molar-refractivity contribution in [3.8, 4) is 0 Å². The second-order valence-electron chi connectivity index (χ2n) is 8.33. The average molecular weight is 418 g/mol. The first-order valence-electron chi connectivity index (χ1n) is 10.1. The Morgan fingerprint density at radius 2 is 1.76 bits per heavy atom. The highest BCUT2D eigenvalue weighted by molar-refractivity contribution is 7.91.